The number of unbranched alkanes of at least 4 members (excludes halogenated alkanes) is 4. The minimum absolute atomic E-state index is 1.20. The van der Waals surface area contributed by atoms with Crippen LogP contribution in [0, 0.1) is 0 Å². The number of benzene rings is 2. The number of aryl methyl sites for hydroxylation is 2. The number of hydrogen-bond donors (Lipinski definition) is 0. The van der Waals surface area contributed by atoms with Crippen LogP contribution in [0.15, 0.2) is 60.7 Å². The van der Waals surface area contributed by atoms with E-state index in [2.05, 4.69) is 74.5 Å². The van der Waals surface area contributed by atoms with E-state index in [1.807, 2.05) is 22.7 Å². The summed E-state index contributed by atoms with van der Waals surface area (Å²) in [5.41, 5.74) is 5.41. The van der Waals surface area contributed by atoms with E-state index < -0.39 is 0 Å². The van der Waals surface area contributed by atoms with E-state index in [0.29, 0.717) is 0 Å². The highest BCUT2D eigenvalue weighted by Gasteiger charge is 2.09. The molecule has 156 valence electrons. The average Bonchev–Trinajstić information content (AvgIpc) is 3.33. The van der Waals surface area contributed by atoms with Crippen molar-refractivity contribution >= 4 is 32.1 Å². The maximum Gasteiger partial charge on any atom is 0.0460 e. The molecule has 0 saturated heterocycles. The molecule has 0 aliphatic heterocycles. The third-order valence-corrected chi connectivity index (χ3v) is 8.18. The zero-order valence-corrected chi connectivity index (χ0v) is 19.9. The van der Waals surface area contributed by atoms with Gasteiger partial charge in [-0.2, -0.15) is 0 Å². The first-order valence-corrected chi connectivity index (χ1v) is 13.1. The van der Waals surface area contributed by atoms with Crippen LogP contribution in [0.3, 0.4) is 0 Å². The van der Waals surface area contributed by atoms with Crippen LogP contribution in [0.4, 0.5) is 0 Å². The Hall–Kier alpha value is -1.90. The highest BCUT2D eigenvalue weighted by atomic mass is 32.1. The molecule has 0 nitrogen and oxygen atoms in total. The molecule has 0 saturated carbocycles. The molecule has 4 rings (SSSR count). The standard InChI is InChI=1S/C28H32S2/c1-3-5-6-7-8-10-21-11-13-22(14-12-21)23-15-17-24(18-16-23)26-20-28-27(30-26)19-25(29-28)9-4-2/h11-20H,3-10H2,1-2H3. The Balaban J connectivity index is 1.40. The lowest BCUT2D eigenvalue weighted by atomic mass is 10.00. The fraction of sp³-hybridized carbons (Fsp3) is 0.357. The van der Waals surface area contributed by atoms with E-state index >= 15 is 0 Å². The highest BCUT2D eigenvalue weighted by Crippen LogP contribution is 2.39. The normalized spacial score (nSPS) is 11.4. The summed E-state index contributed by atoms with van der Waals surface area (Å²) in [5, 5.41) is 0. The van der Waals surface area contributed by atoms with Crippen molar-refractivity contribution in [3.8, 4) is 21.6 Å². The van der Waals surface area contributed by atoms with Gasteiger partial charge in [-0.15, -0.1) is 22.7 Å². The van der Waals surface area contributed by atoms with Gasteiger partial charge in [-0.25, -0.2) is 0 Å². The zero-order valence-electron chi connectivity index (χ0n) is 18.2. The molecule has 0 bridgehead atoms. The Morgan fingerprint density at radius 3 is 1.87 bits per heavy atom. The van der Waals surface area contributed by atoms with Gasteiger partial charge in [0.1, 0.15) is 0 Å². The van der Waals surface area contributed by atoms with Gasteiger partial charge < -0.3 is 0 Å². The van der Waals surface area contributed by atoms with Crippen LogP contribution in [-0.2, 0) is 12.8 Å². The molecule has 0 atom stereocenters. The van der Waals surface area contributed by atoms with Gasteiger partial charge in [0.15, 0.2) is 0 Å². The van der Waals surface area contributed by atoms with Crippen molar-refractivity contribution in [3.05, 3.63) is 71.1 Å². The Bertz CT molecular complexity index is 1020. The lowest BCUT2D eigenvalue weighted by molar-refractivity contribution is 0.632. The Kier molecular flexibility index (Phi) is 7.41. The fourth-order valence-corrected chi connectivity index (χ4v) is 6.55. The Morgan fingerprint density at radius 1 is 0.567 bits per heavy atom. The molecule has 0 N–H and O–H groups in total. The summed E-state index contributed by atoms with van der Waals surface area (Å²) in [5.74, 6) is 0. The molecule has 30 heavy (non-hydrogen) atoms. The molecule has 0 spiro atoms. The predicted molar refractivity (Wildman–Crippen MR) is 137 cm³/mol. The third kappa shape index (κ3) is 5.22. The van der Waals surface area contributed by atoms with Gasteiger partial charge in [0.2, 0.25) is 0 Å². The van der Waals surface area contributed by atoms with Crippen molar-refractivity contribution in [2.45, 2.75) is 65.2 Å². The van der Waals surface area contributed by atoms with Crippen molar-refractivity contribution in [2.24, 2.45) is 0 Å². The second-order valence-electron chi connectivity index (χ2n) is 8.24. The van der Waals surface area contributed by atoms with Crippen molar-refractivity contribution in [1.29, 1.82) is 0 Å². The predicted octanol–water partition coefficient (Wildman–Crippen LogP) is 9.76. The van der Waals surface area contributed by atoms with Crippen LogP contribution < -0.4 is 0 Å². The summed E-state index contributed by atoms with van der Waals surface area (Å²) < 4.78 is 2.88. The second kappa shape index (κ2) is 10.4. The fourth-order valence-electron chi connectivity index (χ4n) is 4.02. The van der Waals surface area contributed by atoms with Crippen LogP contribution >= 0.6 is 22.7 Å². The molecule has 0 fully saturated rings. The molecule has 2 aromatic carbocycles. The first-order valence-electron chi connectivity index (χ1n) is 11.5. The second-order valence-corrected chi connectivity index (χ2v) is 10.5. The first kappa shape index (κ1) is 21.3. The molecular formula is C28H32S2. The summed E-state index contributed by atoms with van der Waals surface area (Å²) in [7, 11) is 0. The van der Waals surface area contributed by atoms with Crippen molar-refractivity contribution in [1.82, 2.24) is 0 Å². The molecule has 2 heteroatoms. The lowest BCUT2D eigenvalue weighted by Crippen LogP contribution is -1.87. The van der Waals surface area contributed by atoms with Crippen LogP contribution in [0.5, 0.6) is 0 Å². The van der Waals surface area contributed by atoms with Crippen LogP contribution in [0.25, 0.3) is 31.0 Å². The smallest absolute Gasteiger partial charge is 0.0460 e. The molecule has 0 aliphatic rings. The number of fused-ring (bicyclic) bond motifs is 1. The van der Waals surface area contributed by atoms with Gasteiger partial charge in [0, 0.05) is 19.2 Å². The minimum Gasteiger partial charge on any atom is -0.139 e. The maximum atomic E-state index is 2.39. The number of rotatable bonds is 10. The molecule has 2 heterocycles. The maximum absolute atomic E-state index is 2.39. The van der Waals surface area contributed by atoms with Gasteiger partial charge in [-0.1, -0.05) is 94.5 Å². The minimum atomic E-state index is 1.20. The monoisotopic (exact) mass is 432 g/mol. The molecule has 0 amide bonds. The summed E-state index contributed by atoms with van der Waals surface area (Å²) in [6.07, 6.45) is 10.4. The van der Waals surface area contributed by atoms with Gasteiger partial charge in [-0.3, -0.25) is 0 Å². The highest BCUT2D eigenvalue weighted by molar-refractivity contribution is 7.29. The number of thiophene rings is 2. The SMILES string of the molecule is CCCCCCCc1ccc(-c2ccc(-c3cc4sc(CCC)cc4s3)cc2)cc1. The Morgan fingerprint density at radius 2 is 1.20 bits per heavy atom. The van der Waals surface area contributed by atoms with Crippen LogP contribution in [0.1, 0.15) is 62.8 Å². The summed E-state index contributed by atoms with van der Waals surface area (Å²) in [4.78, 5) is 2.90. The van der Waals surface area contributed by atoms with Gasteiger partial charge >= 0.3 is 0 Å². The molecule has 4 aromatic rings. The summed E-state index contributed by atoms with van der Waals surface area (Å²) >= 11 is 3.88. The third-order valence-electron chi connectivity index (χ3n) is 5.78. The molecule has 2 aromatic heterocycles. The van der Waals surface area contributed by atoms with E-state index in [0.717, 1.165) is 0 Å². The van der Waals surface area contributed by atoms with Crippen molar-refractivity contribution in [3.63, 3.8) is 0 Å². The number of hydrogen-bond acceptors (Lipinski definition) is 2. The Labute approximate surface area is 189 Å². The molecular weight excluding hydrogens is 400 g/mol. The van der Waals surface area contributed by atoms with Crippen molar-refractivity contribution < 1.29 is 0 Å². The molecule has 0 radical (unpaired) electrons. The first-order chi connectivity index (χ1) is 14.8. The van der Waals surface area contributed by atoms with E-state index in [1.54, 1.807) is 0 Å². The zero-order chi connectivity index (χ0) is 20.8. The quantitative estimate of drug-likeness (QED) is 0.219. The van der Waals surface area contributed by atoms with Gasteiger partial charge in [0.25, 0.3) is 0 Å². The molecule has 0 aliphatic carbocycles. The largest absolute Gasteiger partial charge is 0.139 e. The lowest BCUT2D eigenvalue weighted by Gasteiger charge is -2.06. The van der Waals surface area contributed by atoms with E-state index in [9.17, 15) is 0 Å². The van der Waals surface area contributed by atoms with Crippen molar-refractivity contribution in [2.75, 3.05) is 0 Å². The van der Waals surface area contributed by atoms with Crippen LogP contribution in [-0.4, -0.2) is 0 Å². The summed E-state index contributed by atoms with van der Waals surface area (Å²) in [6.45, 7) is 4.53. The van der Waals surface area contributed by atoms with E-state index in [1.165, 1.54) is 92.8 Å². The van der Waals surface area contributed by atoms with Gasteiger partial charge in [0.05, 0.1) is 0 Å². The average molecular weight is 433 g/mol. The van der Waals surface area contributed by atoms with E-state index in [-0.39, 0.29) is 0 Å². The topological polar surface area (TPSA) is 0 Å². The van der Waals surface area contributed by atoms with Crippen LogP contribution in [0.2, 0.25) is 0 Å². The molecule has 0 unspecified atom stereocenters. The van der Waals surface area contributed by atoms with E-state index in [4.69, 9.17) is 0 Å². The van der Waals surface area contributed by atoms with Gasteiger partial charge in [-0.05, 0) is 53.6 Å². The summed E-state index contributed by atoms with van der Waals surface area (Å²) in [6, 6.07) is 23.0.